The van der Waals surface area contributed by atoms with E-state index < -0.39 is 6.29 Å². The Morgan fingerprint density at radius 1 is 1.07 bits per heavy atom. The summed E-state index contributed by atoms with van der Waals surface area (Å²) in [6, 6.07) is 0.0422. The highest BCUT2D eigenvalue weighted by Gasteiger charge is 2.27. The highest BCUT2D eigenvalue weighted by atomic mass is 16.7. The molecule has 3 atom stereocenters. The maximum Gasteiger partial charge on any atom is 0.350 e. The Labute approximate surface area is 248 Å². The first-order valence-corrected chi connectivity index (χ1v) is 14.0. The van der Waals surface area contributed by atoms with Gasteiger partial charge in [0.1, 0.15) is 31.3 Å². The van der Waals surface area contributed by atoms with E-state index in [1.165, 1.54) is 20.4 Å². The van der Waals surface area contributed by atoms with Crippen molar-refractivity contribution in [2.45, 2.75) is 51.7 Å². The van der Waals surface area contributed by atoms with Crippen LogP contribution in [0.25, 0.3) is 5.70 Å². The molecular weight excluding hydrogens is 536 g/mol. The van der Waals surface area contributed by atoms with Gasteiger partial charge in [-0.3, -0.25) is 4.57 Å². The third-order valence-corrected chi connectivity index (χ3v) is 6.85. The molecule has 0 N–H and O–H groups in total. The molecule has 0 saturated carbocycles. The minimum atomic E-state index is -0.402. The molecule has 0 aliphatic carbocycles. The van der Waals surface area contributed by atoms with E-state index >= 15 is 0 Å². The Hall–Kier alpha value is -4.16. The van der Waals surface area contributed by atoms with E-state index in [4.69, 9.17) is 14.2 Å². The summed E-state index contributed by atoms with van der Waals surface area (Å²) in [6.45, 7) is 22.9. The number of hydrogen-bond donors (Lipinski definition) is 0. The van der Waals surface area contributed by atoms with Crippen LogP contribution in [0.3, 0.4) is 0 Å². The van der Waals surface area contributed by atoms with Gasteiger partial charge in [-0.2, -0.15) is 20.1 Å². The monoisotopic (exact) mass is 580 g/mol. The number of likely N-dealkylation sites (N-methyl/N-ethyl adjacent to an activating group) is 2. The van der Waals surface area contributed by atoms with Gasteiger partial charge in [-0.25, -0.2) is 9.48 Å². The maximum absolute atomic E-state index is 12.7. The topological polar surface area (TPSA) is 105 Å². The summed E-state index contributed by atoms with van der Waals surface area (Å²) in [7, 11) is 3.92. The van der Waals surface area contributed by atoms with Crippen molar-refractivity contribution >= 4 is 5.70 Å². The predicted octanol–water partition coefficient (Wildman–Crippen LogP) is 3.44. The summed E-state index contributed by atoms with van der Waals surface area (Å²) in [6.07, 6.45) is 13.3. The zero-order valence-electron chi connectivity index (χ0n) is 25.3. The lowest BCUT2D eigenvalue weighted by molar-refractivity contribution is -0.0793. The van der Waals surface area contributed by atoms with Gasteiger partial charge in [0.25, 0.3) is 0 Å². The molecule has 228 valence electrons. The van der Waals surface area contributed by atoms with Gasteiger partial charge in [0, 0.05) is 44.3 Å². The fraction of sp³-hybridized carbons (Fsp3) is 0.467. The zero-order valence-corrected chi connectivity index (χ0v) is 25.3. The zero-order chi connectivity index (χ0) is 30.6. The summed E-state index contributed by atoms with van der Waals surface area (Å²) in [5, 5.41) is 12.4. The maximum atomic E-state index is 12.7. The molecule has 1 aliphatic rings. The van der Waals surface area contributed by atoms with E-state index in [-0.39, 0.29) is 17.8 Å². The molecule has 0 spiro atoms. The third kappa shape index (κ3) is 9.45. The molecule has 2 aromatic rings. The quantitative estimate of drug-likeness (QED) is 0.194. The van der Waals surface area contributed by atoms with Crippen LogP contribution >= 0.6 is 0 Å². The smallest absolute Gasteiger partial charge is 0.350 e. The first kappa shape index (κ1) is 32.4. The van der Waals surface area contributed by atoms with Crippen LogP contribution in [-0.2, 0) is 20.8 Å². The summed E-state index contributed by atoms with van der Waals surface area (Å²) >= 11 is 0. The van der Waals surface area contributed by atoms with Crippen molar-refractivity contribution in [3.8, 4) is 0 Å². The Bertz CT molecular complexity index is 1320. The van der Waals surface area contributed by atoms with Gasteiger partial charge in [0.2, 0.25) is 0 Å². The van der Waals surface area contributed by atoms with Crippen molar-refractivity contribution in [3.05, 3.63) is 97.0 Å². The summed E-state index contributed by atoms with van der Waals surface area (Å²) in [5.74, 6) is 0.505. The van der Waals surface area contributed by atoms with Crippen LogP contribution in [0.5, 0.6) is 0 Å². The van der Waals surface area contributed by atoms with Gasteiger partial charge in [-0.1, -0.05) is 39.7 Å². The van der Waals surface area contributed by atoms with E-state index in [0.717, 1.165) is 24.2 Å². The van der Waals surface area contributed by atoms with Gasteiger partial charge in [-0.05, 0) is 37.6 Å². The number of allylic oxidation sites excluding steroid dienone is 5. The molecule has 1 aliphatic heterocycles. The number of aromatic nitrogens is 6. The molecule has 3 heterocycles. The van der Waals surface area contributed by atoms with Crippen molar-refractivity contribution < 1.29 is 14.2 Å². The van der Waals surface area contributed by atoms with Gasteiger partial charge in [0.05, 0.1) is 25.0 Å². The van der Waals surface area contributed by atoms with Crippen LogP contribution < -0.4 is 5.69 Å². The Morgan fingerprint density at radius 3 is 2.36 bits per heavy atom. The van der Waals surface area contributed by atoms with Gasteiger partial charge < -0.3 is 24.0 Å². The van der Waals surface area contributed by atoms with E-state index in [0.29, 0.717) is 44.3 Å². The molecule has 1 saturated heterocycles. The Balaban J connectivity index is 1.36. The fourth-order valence-electron chi connectivity index (χ4n) is 4.07. The van der Waals surface area contributed by atoms with Crippen molar-refractivity contribution in [3.63, 3.8) is 0 Å². The first-order valence-electron chi connectivity index (χ1n) is 14.0. The lowest BCUT2D eigenvalue weighted by atomic mass is 10.2. The van der Waals surface area contributed by atoms with Crippen LogP contribution in [0.2, 0.25) is 0 Å². The predicted molar refractivity (Wildman–Crippen MR) is 163 cm³/mol. The molecule has 0 aromatic carbocycles. The van der Waals surface area contributed by atoms with Crippen molar-refractivity contribution in [2.24, 2.45) is 0 Å². The van der Waals surface area contributed by atoms with Crippen LogP contribution in [0.1, 0.15) is 32.7 Å². The third-order valence-electron chi connectivity index (χ3n) is 6.85. The van der Waals surface area contributed by atoms with Crippen LogP contribution in [0, 0.1) is 0 Å². The number of ether oxygens (including phenoxy) is 3. The lowest BCUT2D eigenvalue weighted by Gasteiger charge is -2.25. The molecular formula is C30H44N8O4. The highest BCUT2D eigenvalue weighted by molar-refractivity contribution is 5.54. The first-order chi connectivity index (χ1) is 20.1. The highest BCUT2D eigenvalue weighted by Crippen LogP contribution is 2.15. The van der Waals surface area contributed by atoms with Gasteiger partial charge in [-0.15, -0.1) is 0 Å². The van der Waals surface area contributed by atoms with Crippen LogP contribution in [0.4, 0.5) is 0 Å². The number of nitrogens with zero attached hydrogens (tertiary/aromatic N) is 8. The summed E-state index contributed by atoms with van der Waals surface area (Å²) < 4.78 is 20.1. The number of hydrogen-bond acceptors (Lipinski definition) is 9. The van der Waals surface area contributed by atoms with E-state index in [2.05, 4.69) is 48.5 Å². The molecule has 42 heavy (non-hydrogen) atoms. The lowest BCUT2D eigenvalue weighted by Crippen LogP contribution is -2.29. The normalized spacial score (nSPS) is 17.5. The molecule has 1 fully saturated rings. The minimum Gasteiger partial charge on any atom is -0.491 e. The van der Waals surface area contributed by atoms with Crippen molar-refractivity contribution in [1.82, 2.24) is 39.1 Å². The number of rotatable bonds is 18. The van der Waals surface area contributed by atoms with Crippen molar-refractivity contribution in [2.75, 3.05) is 40.4 Å². The molecule has 2 aromatic heterocycles. The molecule has 0 radical (unpaired) electrons. The van der Waals surface area contributed by atoms with E-state index in [9.17, 15) is 4.79 Å². The van der Waals surface area contributed by atoms with Crippen molar-refractivity contribution in [1.29, 1.82) is 0 Å². The Kier molecular flexibility index (Phi) is 12.1. The Morgan fingerprint density at radius 2 is 1.71 bits per heavy atom. The largest absolute Gasteiger partial charge is 0.491 e. The average Bonchev–Trinajstić information content (AvgIpc) is 3.74. The second kappa shape index (κ2) is 15.7. The SMILES string of the molecule is C=C(/C=C\C(=C)N(C)CCN(C)C(=C)/C=C\C(=C)n1cnn(C(C)CCC)c1=O)OCC1COC(Cn2nccn2)O1. The minimum absolute atomic E-state index is 0.0422. The standard InChI is InChI=1S/C30H44N8O4/c1-9-10-26(5)38-30(39)36(22-33-38)25(4)12-11-23(2)34(7)17-18-35(8)24(3)13-14-27(6)40-20-28-21-41-29(42-28)19-37-31-15-16-32-37/h11-16,22,26,28-29H,2-4,6,9-10,17-21H2,1,5,7-8H3/b12-11-,14-13-. The average molecular weight is 581 g/mol. The van der Waals surface area contributed by atoms with E-state index in [1.54, 1.807) is 24.5 Å². The molecule has 0 bridgehead atoms. The van der Waals surface area contributed by atoms with Gasteiger partial charge in [0.15, 0.2) is 6.29 Å². The molecule has 3 unspecified atom stereocenters. The summed E-state index contributed by atoms with van der Waals surface area (Å²) in [5.41, 5.74) is 1.93. The van der Waals surface area contributed by atoms with E-state index in [1.807, 2.05) is 43.0 Å². The second-order valence-corrected chi connectivity index (χ2v) is 10.2. The second-order valence-electron chi connectivity index (χ2n) is 10.2. The molecule has 0 amide bonds. The van der Waals surface area contributed by atoms with Crippen LogP contribution in [0.15, 0.2) is 91.3 Å². The molecule has 12 nitrogen and oxygen atoms in total. The van der Waals surface area contributed by atoms with Crippen LogP contribution in [-0.4, -0.2) is 91.9 Å². The van der Waals surface area contributed by atoms with Gasteiger partial charge >= 0.3 is 5.69 Å². The molecule has 3 rings (SSSR count). The fourth-order valence-corrected chi connectivity index (χ4v) is 4.07. The molecule has 12 heteroatoms. The summed E-state index contributed by atoms with van der Waals surface area (Å²) in [4.78, 5) is 18.3.